The van der Waals surface area contributed by atoms with Crippen molar-refractivity contribution in [2.24, 2.45) is 0 Å². The number of carbonyl (C=O) groups is 1. The van der Waals surface area contributed by atoms with E-state index in [2.05, 4.69) is 0 Å². The van der Waals surface area contributed by atoms with Gasteiger partial charge in [-0.3, -0.25) is 4.79 Å². The minimum absolute atomic E-state index is 0.154. The second kappa shape index (κ2) is 6.66. The highest BCUT2D eigenvalue weighted by molar-refractivity contribution is 7.91. The maximum atomic E-state index is 12.9. The van der Waals surface area contributed by atoms with Crippen molar-refractivity contribution >= 4 is 27.1 Å². The van der Waals surface area contributed by atoms with Gasteiger partial charge in [-0.2, -0.15) is 4.31 Å². The zero-order valence-electron chi connectivity index (χ0n) is 13.6. The summed E-state index contributed by atoms with van der Waals surface area (Å²) in [5, 5.41) is 1.73. The third-order valence-electron chi connectivity index (χ3n) is 4.24. The summed E-state index contributed by atoms with van der Waals surface area (Å²) in [6, 6.07) is 7.85. The van der Waals surface area contributed by atoms with E-state index in [1.807, 2.05) is 6.92 Å². The molecule has 1 saturated heterocycles. The number of Topliss-reactive ketones (excluding diaryl/α,β-unsaturated/α-hetero) is 1. The lowest BCUT2D eigenvalue weighted by atomic mass is 10.0. The Balaban J connectivity index is 1.91. The molecule has 0 amide bonds. The number of benzene rings is 1. The number of ketones is 1. The van der Waals surface area contributed by atoms with Gasteiger partial charge < -0.3 is 4.74 Å². The molecule has 24 heavy (non-hydrogen) atoms. The van der Waals surface area contributed by atoms with Crippen molar-refractivity contribution in [2.75, 3.05) is 13.7 Å². The first kappa shape index (κ1) is 17.1. The van der Waals surface area contributed by atoms with Crippen molar-refractivity contribution in [3.63, 3.8) is 0 Å². The third kappa shape index (κ3) is 2.99. The van der Waals surface area contributed by atoms with Crippen LogP contribution in [0.15, 0.2) is 39.9 Å². The fourth-order valence-corrected chi connectivity index (χ4v) is 5.82. The van der Waals surface area contributed by atoms with Gasteiger partial charge in [0.2, 0.25) is 0 Å². The van der Waals surface area contributed by atoms with E-state index in [1.54, 1.807) is 42.8 Å². The van der Waals surface area contributed by atoms with Gasteiger partial charge in [0.25, 0.3) is 10.0 Å². The monoisotopic (exact) mass is 365 g/mol. The van der Waals surface area contributed by atoms with Crippen LogP contribution in [0.2, 0.25) is 0 Å². The van der Waals surface area contributed by atoms with Crippen LogP contribution in [0.4, 0.5) is 0 Å². The van der Waals surface area contributed by atoms with Crippen molar-refractivity contribution in [3.05, 3.63) is 46.8 Å². The maximum Gasteiger partial charge on any atom is 0.253 e. The number of sulfonamides is 1. The standard InChI is InChI=1S/C17H19NO4S2/c1-12-11-13(7-8-15(12)22-2)17(19)14-5-3-9-18(14)24(20,21)16-6-4-10-23-16/h4,6-8,10-11,14H,3,5,9H2,1-2H3. The van der Waals surface area contributed by atoms with Gasteiger partial charge in [-0.1, -0.05) is 6.07 Å². The second-order valence-electron chi connectivity index (χ2n) is 5.75. The van der Waals surface area contributed by atoms with Crippen molar-refractivity contribution in [3.8, 4) is 5.75 Å². The molecule has 0 radical (unpaired) electrons. The summed E-state index contributed by atoms with van der Waals surface area (Å²) in [6.45, 7) is 2.25. The van der Waals surface area contributed by atoms with E-state index >= 15 is 0 Å². The van der Waals surface area contributed by atoms with Gasteiger partial charge in [0.05, 0.1) is 13.2 Å². The number of rotatable bonds is 5. The molecule has 5 nitrogen and oxygen atoms in total. The summed E-state index contributed by atoms with van der Waals surface area (Å²) in [7, 11) is -2.03. The number of aryl methyl sites for hydroxylation is 1. The smallest absolute Gasteiger partial charge is 0.253 e. The third-order valence-corrected chi connectivity index (χ3v) is 7.52. The molecule has 3 rings (SSSR count). The van der Waals surface area contributed by atoms with Crippen molar-refractivity contribution in [2.45, 2.75) is 30.0 Å². The number of hydrogen-bond acceptors (Lipinski definition) is 5. The zero-order valence-corrected chi connectivity index (χ0v) is 15.2. The van der Waals surface area contributed by atoms with Crippen LogP contribution >= 0.6 is 11.3 Å². The van der Waals surface area contributed by atoms with Gasteiger partial charge in [0, 0.05) is 12.1 Å². The average molecular weight is 365 g/mol. The number of methoxy groups -OCH3 is 1. The van der Waals surface area contributed by atoms with Crippen LogP contribution in [0, 0.1) is 6.92 Å². The molecule has 1 aliphatic rings. The predicted octanol–water partition coefficient (Wildman–Crippen LogP) is 3.10. The van der Waals surface area contributed by atoms with Crippen LogP contribution in [0.1, 0.15) is 28.8 Å². The molecule has 1 aromatic carbocycles. The highest BCUT2D eigenvalue weighted by Crippen LogP contribution is 2.31. The maximum absolute atomic E-state index is 12.9. The van der Waals surface area contributed by atoms with Gasteiger partial charge in [-0.15, -0.1) is 11.3 Å². The Hall–Kier alpha value is -1.70. The highest BCUT2D eigenvalue weighted by Gasteiger charge is 2.40. The molecule has 7 heteroatoms. The predicted molar refractivity (Wildman–Crippen MR) is 93.3 cm³/mol. The van der Waals surface area contributed by atoms with Crippen molar-refractivity contribution in [1.29, 1.82) is 0 Å². The SMILES string of the molecule is COc1ccc(C(=O)C2CCCN2S(=O)(=O)c2cccs2)cc1C. The van der Waals surface area contributed by atoms with Gasteiger partial charge in [0.15, 0.2) is 5.78 Å². The highest BCUT2D eigenvalue weighted by atomic mass is 32.2. The molecule has 1 aromatic heterocycles. The topological polar surface area (TPSA) is 63.7 Å². The van der Waals surface area contributed by atoms with Gasteiger partial charge in [-0.05, 0) is 55.0 Å². The molecule has 1 aliphatic heterocycles. The molecule has 2 aromatic rings. The number of hydrogen-bond donors (Lipinski definition) is 0. The molecule has 2 heterocycles. The van der Waals surface area contributed by atoms with E-state index in [0.29, 0.717) is 30.7 Å². The summed E-state index contributed by atoms with van der Waals surface area (Å²) in [6.07, 6.45) is 1.24. The van der Waals surface area contributed by atoms with E-state index in [0.717, 1.165) is 5.56 Å². The summed E-state index contributed by atoms with van der Waals surface area (Å²) >= 11 is 1.18. The van der Waals surface area contributed by atoms with Crippen molar-refractivity contribution in [1.82, 2.24) is 4.31 Å². The van der Waals surface area contributed by atoms with Crippen molar-refractivity contribution < 1.29 is 17.9 Å². The molecule has 1 unspecified atom stereocenters. The van der Waals surface area contributed by atoms with E-state index in [4.69, 9.17) is 4.74 Å². The summed E-state index contributed by atoms with van der Waals surface area (Å²) in [5.74, 6) is 0.555. The van der Waals surface area contributed by atoms with Gasteiger partial charge >= 0.3 is 0 Å². The van der Waals surface area contributed by atoms with E-state index in [9.17, 15) is 13.2 Å². The Bertz CT molecular complexity index is 843. The van der Waals surface area contributed by atoms with E-state index in [1.165, 1.54) is 15.6 Å². The summed E-state index contributed by atoms with van der Waals surface area (Å²) in [4.78, 5) is 12.9. The number of ether oxygens (including phenoxy) is 1. The van der Waals surface area contributed by atoms with Gasteiger partial charge in [-0.25, -0.2) is 8.42 Å². The first-order valence-corrected chi connectivity index (χ1v) is 10.0. The van der Waals surface area contributed by atoms with Gasteiger partial charge in [0.1, 0.15) is 9.96 Å². The number of thiophene rings is 1. The fourth-order valence-electron chi connectivity index (χ4n) is 3.04. The van der Waals surface area contributed by atoms with Crippen LogP contribution < -0.4 is 4.74 Å². The molecule has 0 bridgehead atoms. The number of carbonyl (C=O) groups excluding carboxylic acids is 1. The van der Waals surface area contributed by atoms with Crippen LogP contribution in [0.3, 0.4) is 0 Å². The minimum atomic E-state index is -3.61. The van der Waals surface area contributed by atoms with Crippen LogP contribution in [-0.2, 0) is 10.0 Å². The first-order chi connectivity index (χ1) is 11.4. The molecule has 128 valence electrons. The van der Waals surface area contributed by atoms with E-state index in [-0.39, 0.29) is 9.99 Å². The lowest BCUT2D eigenvalue weighted by molar-refractivity contribution is 0.0918. The minimum Gasteiger partial charge on any atom is -0.496 e. The fraction of sp³-hybridized carbons (Fsp3) is 0.353. The second-order valence-corrected chi connectivity index (χ2v) is 8.82. The van der Waals surface area contributed by atoms with Crippen LogP contribution in [-0.4, -0.2) is 38.2 Å². The molecule has 0 saturated carbocycles. The normalized spacial score (nSPS) is 18.7. The Morgan fingerprint density at radius 3 is 2.75 bits per heavy atom. The van der Waals surface area contributed by atoms with Crippen LogP contribution in [0.5, 0.6) is 5.75 Å². The summed E-state index contributed by atoms with van der Waals surface area (Å²) in [5.41, 5.74) is 1.38. The Morgan fingerprint density at radius 1 is 1.33 bits per heavy atom. The quantitative estimate of drug-likeness (QED) is 0.764. The Labute approximate surface area is 145 Å². The molecule has 0 aliphatic carbocycles. The Morgan fingerprint density at radius 2 is 2.12 bits per heavy atom. The molecule has 0 N–H and O–H groups in total. The number of nitrogens with zero attached hydrogens (tertiary/aromatic N) is 1. The molecule has 0 spiro atoms. The summed E-state index contributed by atoms with van der Waals surface area (Å²) < 4.78 is 32.4. The molecule has 1 fully saturated rings. The largest absolute Gasteiger partial charge is 0.496 e. The lowest BCUT2D eigenvalue weighted by Crippen LogP contribution is -2.40. The average Bonchev–Trinajstić information content (AvgIpc) is 3.25. The molecular weight excluding hydrogens is 346 g/mol. The molecule has 1 atom stereocenters. The first-order valence-electron chi connectivity index (χ1n) is 7.69. The zero-order chi connectivity index (χ0) is 17.3. The van der Waals surface area contributed by atoms with E-state index < -0.39 is 16.1 Å². The van der Waals surface area contributed by atoms with Crippen LogP contribution in [0.25, 0.3) is 0 Å². The lowest BCUT2D eigenvalue weighted by Gasteiger charge is -2.22. The molecular formula is C17H19NO4S2. The Kier molecular flexibility index (Phi) is 4.76.